The highest BCUT2D eigenvalue weighted by molar-refractivity contribution is 5.38. The molecule has 3 nitrogen and oxygen atoms in total. The van der Waals surface area contributed by atoms with Crippen molar-refractivity contribution in [1.29, 1.82) is 0 Å². The largest absolute Gasteiger partial charge is 0.496 e. The van der Waals surface area contributed by atoms with Gasteiger partial charge in [0.2, 0.25) is 0 Å². The van der Waals surface area contributed by atoms with Gasteiger partial charge in [0.1, 0.15) is 11.9 Å². The summed E-state index contributed by atoms with van der Waals surface area (Å²) in [4.78, 5) is 0. The van der Waals surface area contributed by atoms with Gasteiger partial charge in [-0.2, -0.15) is 0 Å². The van der Waals surface area contributed by atoms with Crippen LogP contribution in [0.25, 0.3) is 0 Å². The molecule has 0 aromatic heterocycles. The van der Waals surface area contributed by atoms with Crippen LogP contribution in [0.15, 0.2) is 18.2 Å². The zero-order chi connectivity index (χ0) is 12.3. The van der Waals surface area contributed by atoms with E-state index in [9.17, 15) is 10.2 Å². The first-order valence-corrected chi connectivity index (χ1v) is 5.48. The van der Waals surface area contributed by atoms with Gasteiger partial charge in [-0.15, -0.1) is 0 Å². The fourth-order valence-electron chi connectivity index (χ4n) is 1.63. The van der Waals surface area contributed by atoms with Crippen molar-refractivity contribution in [2.45, 2.75) is 33.0 Å². The Kier molecular flexibility index (Phi) is 4.33. The number of aryl methyl sites for hydroxylation is 1. The van der Waals surface area contributed by atoms with Gasteiger partial charge in [0.25, 0.3) is 0 Å². The average Bonchev–Trinajstić information content (AvgIpc) is 2.26. The molecule has 1 aromatic carbocycles. The number of benzene rings is 1. The molecule has 2 N–H and O–H groups in total. The van der Waals surface area contributed by atoms with Crippen molar-refractivity contribution in [3.63, 3.8) is 0 Å². The number of methoxy groups -OCH3 is 1. The second kappa shape index (κ2) is 5.32. The molecule has 0 spiro atoms. The van der Waals surface area contributed by atoms with E-state index in [2.05, 4.69) is 0 Å². The van der Waals surface area contributed by atoms with Crippen LogP contribution in [0.2, 0.25) is 0 Å². The van der Waals surface area contributed by atoms with Gasteiger partial charge in [-0.05, 0) is 25.0 Å². The molecule has 0 saturated carbocycles. The Morgan fingerprint density at radius 3 is 2.31 bits per heavy atom. The lowest BCUT2D eigenvalue weighted by atomic mass is 9.94. The van der Waals surface area contributed by atoms with E-state index in [4.69, 9.17) is 4.74 Å². The standard InChI is InChI=1S/C13H20O3/c1-8(2)12(14)13(15)10-7-9(3)5-6-11(10)16-4/h5-8,12-15H,1-4H3. The third-order valence-corrected chi connectivity index (χ3v) is 2.71. The molecule has 0 saturated heterocycles. The number of aliphatic hydroxyl groups excluding tert-OH is 2. The average molecular weight is 224 g/mol. The summed E-state index contributed by atoms with van der Waals surface area (Å²) in [5.74, 6) is 0.609. The van der Waals surface area contributed by atoms with Gasteiger partial charge >= 0.3 is 0 Å². The van der Waals surface area contributed by atoms with Crippen LogP contribution < -0.4 is 4.74 Å². The van der Waals surface area contributed by atoms with Gasteiger partial charge in [-0.3, -0.25) is 0 Å². The summed E-state index contributed by atoms with van der Waals surface area (Å²) in [5.41, 5.74) is 1.68. The van der Waals surface area contributed by atoms with Crippen molar-refractivity contribution in [3.8, 4) is 5.75 Å². The van der Waals surface area contributed by atoms with Crippen LogP contribution in [-0.4, -0.2) is 23.4 Å². The molecular weight excluding hydrogens is 204 g/mol. The summed E-state index contributed by atoms with van der Waals surface area (Å²) in [6.07, 6.45) is -1.69. The Balaban J connectivity index is 3.05. The summed E-state index contributed by atoms with van der Waals surface area (Å²) in [6.45, 7) is 5.68. The maximum absolute atomic E-state index is 10.1. The predicted molar refractivity (Wildman–Crippen MR) is 63.5 cm³/mol. The summed E-state index contributed by atoms with van der Waals surface area (Å²) >= 11 is 0. The zero-order valence-corrected chi connectivity index (χ0v) is 10.3. The molecular formula is C13H20O3. The smallest absolute Gasteiger partial charge is 0.124 e. The molecule has 1 aromatic rings. The van der Waals surface area contributed by atoms with Crippen molar-refractivity contribution in [3.05, 3.63) is 29.3 Å². The lowest BCUT2D eigenvalue weighted by Gasteiger charge is -2.23. The Hall–Kier alpha value is -1.06. The Bertz CT molecular complexity index is 347. The minimum Gasteiger partial charge on any atom is -0.496 e. The molecule has 2 unspecified atom stereocenters. The van der Waals surface area contributed by atoms with E-state index in [0.29, 0.717) is 11.3 Å². The van der Waals surface area contributed by atoms with Gasteiger partial charge in [0, 0.05) is 5.56 Å². The van der Waals surface area contributed by atoms with E-state index < -0.39 is 12.2 Å². The van der Waals surface area contributed by atoms with E-state index in [1.807, 2.05) is 32.9 Å². The molecule has 0 radical (unpaired) electrons. The topological polar surface area (TPSA) is 49.7 Å². The summed E-state index contributed by atoms with van der Waals surface area (Å²) in [6, 6.07) is 5.56. The fourth-order valence-corrected chi connectivity index (χ4v) is 1.63. The van der Waals surface area contributed by atoms with Crippen LogP contribution >= 0.6 is 0 Å². The normalized spacial score (nSPS) is 14.9. The summed E-state index contributed by atoms with van der Waals surface area (Å²) in [7, 11) is 1.56. The highest BCUT2D eigenvalue weighted by Crippen LogP contribution is 2.30. The molecule has 0 heterocycles. The highest BCUT2D eigenvalue weighted by atomic mass is 16.5. The van der Waals surface area contributed by atoms with Gasteiger partial charge in [0.05, 0.1) is 13.2 Å². The van der Waals surface area contributed by atoms with Crippen molar-refractivity contribution in [1.82, 2.24) is 0 Å². The SMILES string of the molecule is COc1ccc(C)cc1C(O)C(O)C(C)C. The number of rotatable bonds is 4. The van der Waals surface area contributed by atoms with Crippen molar-refractivity contribution in [2.24, 2.45) is 5.92 Å². The molecule has 90 valence electrons. The molecule has 0 bridgehead atoms. The number of hydrogen-bond acceptors (Lipinski definition) is 3. The van der Waals surface area contributed by atoms with Gasteiger partial charge in [0.15, 0.2) is 0 Å². The maximum Gasteiger partial charge on any atom is 0.124 e. The van der Waals surface area contributed by atoms with Crippen LogP contribution in [0.1, 0.15) is 31.1 Å². The van der Waals surface area contributed by atoms with Crippen molar-refractivity contribution < 1.29 is 14.9 Å². The lowest BCUT2D eigenvalue weighted by molar-refractivity contribution is -0.0105. The highest BCUT2D eigenvalue weighted by Gasteiger charge is 2.24. The molecule has 1 rings (SSSR count). The first-order valence-electron chi connectivity index (χ1n) is 5.48. The Morgan fingerprint density at radius 2 is 1.81 bits per heavy atom. The van der Waals surface area contributed by atoms with Crippen LogP contribution in [0.4, 0.5) is 0 Å². The van der Waals surface area contributed by atoms with E-state index in [0.717, 1.165) is 5.56 Å². The Morgan fingerprint density at radius 1 is 1.19 bits per heavy atom. The predicted octanol–water partition coefficient (Wildman–Crippen LogP) is 2.05. The van der Waals surface area contributed by atoms with Gasteiger partial charge < -0.3 is 14.9 Å². The Labute approximate surface area is 96.7 Å². The third kappa shape index (κ3) is 2.74. The summed E-state index contributed by atoms with van der Waals surface area (Å²) in [5, 5.41) is 19.9. The molecule has 3 heteroatoms. The number of hydrogen-bond donors (Lipinski definition) is 2. The second-order valence-electron chi connectivity index (χ2n) is 4.42. The molecule has 0 aliphatic carbocycles. The molecule has 16 heavy (non-hydrogen) atoms. The molecule has 0 amide bonds. The van der Waals surface area contributed by atoms with Crippen molar-refractivity contribution >= 4 is 0 Å². The number of aliphatic hydroxyl groups is 2. The third-order valence-electron chi connectivity index (χ3n) is 2.71. The van der Waals surface area contributed by atoms with Crippen LogP contribution in [0.5, 0.6) is 5.75 Å². The quantitative estimate of drug-likeness (QED) is 0.823. The first kappa shape index (κ1) is 13.0. The molecule has 2 atom stereocenters. The van der Waals surface area contributed by atoms with Gasteiger partial charge in [-0.1, -0.05) is 25.5 Å². The van der Waals surface area contributed by atoms with E-state index in [1.54, 1.807) is 13.2 Å². The van der Waals surface area contributed by atoms with E-state index >= 15 is 0 Å². The number of ether oxygens (including phenoxy) is 1. The maximum atomic E-state index is 10.1. The zero-order valence-electron chi connectivity index (χ0n) is 10.3. The van der Waals surface area contributed by atoms with Gasteiger partial charge in [-0.25, -0.2) is 0 Å². The van der Waals surface area contributed by atoms with Crippen molar-refractivity contribution in [2.75, 3.05) is 7.11 Å². The van der Waals surface area contributed by atoms with E-state index in [1.165, 1.54) is 0 Å². The lowest BCUT2D eigenvalue weighted by Crippen LogP contribution is -2.24. The molecule has 0 aliphatic heterocycles. The minimum atomic E-state index is -0.908. The minimum absolute atomic E-state index is 0.000202. The monoisotopic (exact) mass is 224 g/mol. The fraction of sp³-hybridized carbons (Fsp3) is 0.538. The second-order valence-corrected chi connectivity index (χ2v) is 4.42. The molecule has 0 aliphatic rings. The first-order chi connectivity index (χ1) is 7.47. The van der Waals surface area contributed by atoms with E-state index in [-0.39, 0.29) is 5.92 Å². The van der Waals surface area contributed by atoms with Crippen LogP contribution in [-0.2, 0) is 0 Å². The van der Waals surface area contributed by atoms with Crippen LogP contribution in [0, 0.1) is 12.8 Å². The molecule has 0 fully saturated rings. The summed E-state index contributed by atoms with van der Waals surface area (Å²) < 4.78 is 5.18. The van der Waals surface area contributed by atoms with Crippen LogP contribution in [0.3, 0.4) is 0 Å².